The van der Waals surface area contributed by atoms with E-state index in [0.29, 0.717) is 0 Å². The number of hydrogen-bond acceptors (Lipinski definition) is 3. The number of hydrogen-bond donors (Lipinski definition) is 2. The third-order valence-corrected chi connectivity index (χ3v) is 3.66. The number of benzene rings is 2. The largest absolute Gasteiger partial charge is 0.494 e. The molecule has 1 atom stereocenters. The van der Waals surface area contributed by atoms with E-state index < -0.39 is 0 Å². The fraction of sp³-hybridized carbons (Fsp3) is 0.375. The summed E-state index contributed by atoms with van der Waals surface area (Å²) in [5.74, 6) is 1.70. The normalized spacial score (nSPS) is 12.5. The van der Waals surface area contributed by atoms with Gasteiger partial charge in [-0.3, -0.25) is 0 Å². The van der Waals surface area contributed by atoms with Gasteiger partial charge in [0.1, 0.15) is 5.75 Å². The second kappa shape index (κ2) is 7.41. The van der Waals surface area contributed by atoms with Crippen LogP contribution in [0, 0.1) is 0 Å². The van der Waals surface area contributed by atoms with Crippen molar-refractivity contribution in [3.63, 3.8) is 0 Å². The highest BCUT2D eigenvalue weighted by atomic mass is 32.1. The summed E-state index contributed by atoms with van der Waals surface area (Å²) in [4.78, 5) is 0. The Morgan fingerprint density at radius 2 is 1.84 bits per heavy atom. The van der Waals surface area contributed by atoms with Crippen molar-refractivity contribution < 1.29 is 4.74 Å². The van der Waals surface area contributed by atoms with Crippen molar-refractivity contribution in [2.75, 3.05) is 12.4 Å². The van der Waals surface area contributed by atoms with Gasteiger partial charge in [0.25, 0.3) is 0 Å². The van der Waals surface area contributed by atoms with Crippen molar-refractivity contribution in [3.8, 4) is 5.75 Å². The minimum absolute atomic E-state index is 0.212. The molecule has 0 spiro atoms. The van der Waals surface area contributed by atoms with Gasteiger partial charge in [-0.2, -0.15) is 12.6 Å². The molecule has 0 saturated heterocycles. The zero-order chi connectivity index (χ0) is 13.5. The number of thiol groups is 1. The number of nitrogens with two attached hydrogens (primary N) is 1. The Kier molecular flexibility index (Phi) is 5.55. The van der Waals surface area contributed by atoms with E-state index in [9.17, 15) is 0 Å². The Hall–Kier alpha value is -1.19. The maximum atomic E-state index is 5.81. The van der Waals surface area contributed by atoms with E-state index in [0.717, 1.165) is 37.4 Å². The lowest BCUT2D eigenvalue weighted by Gasteiger charge is -2.09. The molecule has 0 heterocycles. The summed E-state index contributed by atoms with van der Waals surface area (Å²) in [7, 11) is 0. The van der Waals surface area contributed by atoms with Gasteiger partial charge in [0.2, 0.25) is 0 Å². The Morgan fingerprint density at radius 1 is 1.05 bits per heavy atom. The van der Waals surface area contributed by atoms with Crippen LogP contribution in [0.15, 0.2) is 42.5 Å². The van der Waals surface area contributed by atoms with Gasteiger partial charge >= 0.3 is 0 Å². The zero-order valence-corrected chi connectivity index (χ0v) is 12.0. The lowest BCUT2D eigenvalue weighted by atomic mass is 10.1. The predicted octanol–water partition coefficient (Wildman–Crippen LogP) is 3.65. The topological polar surface area (TPSA) is 35.2 Å². The first-order valence-corrected chi connectivity index (χ1v) is 7.41. The van der Waals surface area contributed by atoms with Crippen LogP contribution in [0.25, 0.3) is 10.8 Å². The van der Waals surface area contributed by atoms with E-state index in [1.54, 1.807) is 0 Å². The molecule has 0 radical (unpaired) electrons. The van der Waals surface area contributed by atoms with Crippen LogP contribution < -0.4 is 10.5 Å². The summed E-state index contributed by atoms with van der Waals surface area (Å²) in [5, 5.41) is 2.46. The monoisotopic (exact) mass is 275 g/mol. The molecule has 0 bridgehead atoms. The first-order chi connectivity index (χ1) is 9.29. The molecule has 0 unspecified atom stereocenters. The van der Waals surface area contributed by atoms with Gasteiger partial charge in [-0.05, 0) is 42.2 Å². The average molecular weight is 275 g/mol. The van der Waals surface area contributed by atoms with Crippen LogP contribution in [0.4, 0.5) is 0 Å². The lowest BCUT2D eigenvalue weighted by molar-refractivity contribution is 0.304. The fourth-order valence-corrected chi connectivity index (χ4v) is 2.23. The molecule has 3 heteroatoms. The highest BCUT2D eigenvalue weighted by Crippen LogP contribution is 2.20. The summed E-state index contributed by atoms with van der Waals surface area (Å²) >= 11 is 4.18. The van der Waals surface area contributed by atoms with E-state index >= 15 is 0 Å². The van der Waals surface area contributed by atoms with Gasteiger partial charge in [0.15, 0.2) is 0 Å². The summed E-state index contributed by atoms with van der Waals surface area (Å²) in [5.41, 5.74) is 5.81. The molecule has 0 amide bonds. The molecule has 2 aromatic carbocycles. The van der Waals surface area contributed by atoms with E-state index in [4.69, 9.17) is 10.5 Å². The smallest absolute Gasteiger partial charge is 0.119 e. The predicted molar refractivity (Wildman–Crippen MR) is 85.1 cm³/mol. The summed E-state index contributed by atoms with van der Waals surface area (Å²) in [6.07, 6.45) is 3.15. The van der Waals surface area contributed by atoms with Crippen molar-refractivity contribution in [1.82, 2.24) is 0 Å². The molecule has 0 aromatic heterocycles. The van der Waals surface area contributed by atoms with Crippen LogP contribution in [0.1, 0.15) is 19.3 Å². The molecule has 19 heavy (non-hydrogen) atoms. The fourth-order valence-electron chi connectivity index (χ4n) is 2.05. The molecule has 2 rings (SSSR count). The van der Waals surface area contributed by atoms with Crippen LogP contribution >= 0.6 is 12.6 Å². The van der Waals surface area contributed by atoms with Crippen LogP contribution in [0.5, 0.6) is 5.75 Å². The third-order valence-electron chi connectivity index (χ3n) is 3.19. The summed E-state index contributed by atoms with van der Waals surface area (Å²) in [6.45, 7) is 0.748. The molecule has 2 aromatic rings. The molecule has 102 valence electrons. The Bertz CT molecular complexity index is 515. The van der Waals surface area contributed by atoms with Crippen molar-refractivity contribution >= 4 is 23.4 Å². The SMILES string of the molecule is N[C@H](CS)CCCCOc1ccc2ccccc2c1. The third kappa shape index (κ3) is 4.44. The zero-order valence-electron chi connectivity index (χ0n) is 11.1. The van der Waals surface area contributed by atoms with Gasteiger partial charge in [0.05, 0.1) is 6.61 Å². The number of fused-ring (bicyclic) bond motifs is 1. The van der Waals surface area contributed by atoms with Gasteiger partial charge < -0.3 is 10.5 Å². The molecule has 0 aliphatic heterocycles. The molecule has 0 aliphatic carbocycles. The van der Waals surface area contributed by atoms with Gasteiger partial charge in [-0.25, -0.2) is 0 Å². The van der Waals surface area contributed by atoms with E-state index in [1.165, 1.54) is 10.8 Å². The van der Waals surface area contributed by atoms with Crippen molar-refractivity contribution in [1.29, 1.82) is 0 Å². The van der Waals surface area contributed by atoms with Crippen LogP contribution in [0.3, 0.4) is 0 Å². The summed E-state index contributed by atoms with van der Waals surface area (Å²) in [6, 6.07) is 14.7. The van der Waals surface area contributed by atoms with Gasteiger partial charge in [0, 0.05) is 11.8 Å². The average Bonchev–Trinajstić information content (AvgIpc) is 2.46. The highest BCUT2D eigenvalue weighted by molar-refractivity contribution is 7.80. The molecule has 0 aliphatic rings. The van der Waals surface area contributed by atoms with Crippen molar-refractivity contribution in [2.45, 2.75) is 25.3 Å². The van der Waals surface area contributed by atoms with E-state index in [1.807, 2.05) is 18.2 Å². The van der Waals surface area contributed by atoms with Gasteiger partial charge in [-0.15, -0.1) is 0 Å². The molecule has 0 saturated carbocycles. The number of unbranched alkanes of at least 4 members (excludes halogenated alkanes) is 1. The van der Waals surface area contributed by atoms with Crippen molar-refractivity contribution in [3.05, 3.63) is 42.5 Å². The van der Waals surface area contributed by atoms with E-state index in [-0.39, 0.29) is 6.04 Å². The minimum Gasteiger partial charge on any atom is -0.494 e. The quantitative estimate of drug-likeness (QED) is 0.597. The highest BCUT2D eigenvalue weighted by Gasteiger charge is 2.00. The first-order valence-electron chi connectivity index (χ1n) is 6.77. The lowest BCUT2D eigenvalue weighted by Crippen LogP contribution is -2.21. The second-order valence-electron chi connectivity index (χ2n) is 4.80. The maximum absolute atomic E-state index is 5.81. The standard InChI is InChI=1S/C16H21NOS/c17-15(12-19)7-3-4-10-18-16-9-8-13-5-1-2-6-14(13)11-16/h1-2,5-6,8-9,11,15,19H,3-4,7,10,12,17H2/t15-/m0/s1. The first kappa shape index (κ1) is 14.2. The molecular weight excluding hydrogens is 254 g/mol. The Morgan fingerprint density at radius 3 is 2.63 bits per heavy atom. The minimum atomic E-state index is 0.212. The second-order valence-corrected chi connectivity index (χ2v) is 5.16. The van der Waals surface area contributed by atoms with Crippen LogP contribution in [-0.2, 0) is 0 Å². The van der Waals surface area contributed by atoms with Gasteiger partial charge in [-0.1, -0.05) is 30.3 Å². The van der Waals surface area contributed by atoms with Crippen molar-refractivity contribution in [2.24, 2.45) is 5.73 Å². The van der Waals surface area contributed by atoms with E-state index in [2.05, 4.69) is 36.9 Å². The molecule has 2 N–H and O–H groups in total. The molecular formula is C16H21NOS. The number of ether oxygens (including phenoxy) is 1. The molecule has 2 nitrogen and oxygen atoms in total. The van der Waals surface area contributed by atoms with Crippen LogP contribution in [-0.4, -0.2) is 18.4 Å². The summed E-state index contributed by atoms with van der Waals surface area (Å²) < 4.78 is 5.77. The number of rotatable bonds is 7. The maximum Gasteiger partial charge on any atom is 0.119 e. The van der Waals surface area contributed by atoms with Crippen LogP contribution in [0.2, 0.25) is 0 Å². The Balaban J connectivity index is 1.78. The Labute approximate surface area is 120 Å². The molecule has 0 fully saturated rings.